The van der Waals surface area contributed by atoms with Crippen LogP contribution in [-0.2, 0) is 0 Å². The fraction of sp³-hybridized carbons (Fsp3) is 0.321. The van der Waals surface area contributed by atoms with E-state index in [0.29, 0.717) is 5.92 Å². The maximum atomic E-state index is 4.59. The van der Waals surface area contributed by atoms with E-state index in [1.807, 2.05) is 44.4 Å². The molecule has 0 radical (unpaired) electrons. The van der Waals surface area contributed by atoms with Crippen molar-refractivity contribution in [3.8, 4) is 17.1 Å². The van der Waals surface area contributed by atoms with Gasteiger partial charge < -0.3 is 0 Å². The molecule has 2 nitrogen and oxygen atoms in total. The molecule has 2 heteroatoms. The van der Waals surface area contributed by atoms with Crippen molar-refractivity contribution in [2.75, 3.05) is 0 Å². The van der Waals surface area contributed by atoms with Gasteiger partial charge in [-0.05, 0) is 22.9 Å². The number of hydrogen-bond acceptors (Lipinski definition) is 1. The molecule has 0 aliphatic heterocycles. The summed E-state index contributed by atoms with van der Waals surface area (Å²) >= 11 is 0. The van der Waals surface area contributed by atoms with E-state index in [1.165, 1.54) is 34.9 Å². The lowest BCUT2D eigenvalue weighted by Gasteiger charge is -2.16. The lowest BCUT2D eigenvalue weighted by Crippen LogP contribution is -1.99. The highest BCUT2D eigenvalue weighted by molar-refractivity contribution is 5.93. The van der Waals surface area contributed by atoms with Crippen LogP contribution < -0.4 is 0 Å². The Labute approximate surface area is 182 Å². The number of hydrogen-bond donors (Lipinski definition) is 0. The number of rotatable bonds is 4. The largest absolute Gasteiger partial charge is 0.299 e. The van der Waals surface area contributed by atoms with Gasteiger partial charge in [-0.3, -0.25) is 4.57 Å². The van der Waals surface area contributed by atoms with Gasteiger partial charge in [0.25, 0.3) is 0 Å². The molecular weight excluding hydrogens is 364 g/mol. The minimum atomic E-state index is 0.500. The Bertz CT molecular complexity index is 1010. The molecular formula is C28H36N2. The van der Waals surface area contributed by atoms with Crippen LogP contribution in [0.15, 0.2) is 79.1 Å². The summed E-state index contributed by atoms with van der Waals surface area (Å²) in [5.41, 5.74) is 3.68. The van der Waals surface area contributed by atoms with Gasteiger partial charge in [0.1, 0.15) is 5.82 Å². The van der Waals surface area contributed by atoms with Gasteiger partial charge in [-0.15, -0.1) is 0 Å². The predicted molar refractivity (Wildman–Crippen MR) is 133 cm³/mol. The smallest absolute Gasteiger partial charge is 0.144 e. The SMILES string of the molecule is CC.CC(C)c1ccc(-n2ccnc2-c2ccccc2)c2ccccc12.CCCC. The van der Waals surface area contributed by atoms with Gasteiger partial charge in [0.15, 0.2) is 0 Å². The minimum Gasteiger partial charge on any atom is -0.299 e. The first-order valence-electron chi connectivity index (χ1n) is 11.3. The van der Waals surface area contributed by atoms with Crippen LogP contribution in [0.3, 0.4) is 0 Å². The fourth-order valence-electron chi connectivity index (χ4n) is 3.32. The van der Waals surface area contributed by atoms with E-state index < -0.39 is 0 Å². The van der Waals surface area contributed by atoms with Crippen molar-refractivity contribution < 1.29 is 0 Å². The molecule has 0 saturated heterocycles. The molecule has 4 rings (SSSR count). The summed E-state index contributed by atoms with van der Waals surface area (Å²) in [7, 11) is 0. The van der Waals surface area contributed by atoms with Gasteiger partial charge >= 0.3 is 0 Å². The lowest BCUT2D eigenvalue weighted by molar-refractivity contribution is 0.875. The molecule has 0 spiro atoms. The van der Waals surface area contributed by atoms with Crippen LogP contribution in [0.2, 0.25) is 0 Å². The average molecular weight is 401 g/mol. The van der Waals surface area contributed by atoms with E-state index in [2.05, 4.69) is 85.8 Å². The Morgan fingerprint density at radius 2 is 1.37 bits per heavy atom. The molecule has 0 saturated carbocycles. The monoisotopic (exact) mass is 400 g/mol. The van der Waals surface area contributed by atoms with Gasteiger partial charge in [0, 0.05) is 23.3 Å². The molecule has 0 unspecified atom stereocenters. The predicted octanol–water partition coefficient (Wildman–Crippen LogP) is 8.65. The average Bonchev–Trinajstić information content (AvgIpc) is 3.30. The van der Waals surface area contributed by atoms with Crippen molar-refractivity contribution in [1.82, 2.24) is 9.55 Å². The maximum Gasteiger partial charge on any atom is 0.144 e. The summed E-state index contributed by atoms with van der Waals surface area (Å²) in [6.07, 6.45) is 6.55. The third-order valence-electron chi connectivity index (χ3n) is 4.99. The third-order valence-corrected chi connectivity index (χ3v) is 4.99. The Balaban J connectivity index is 0.000000481. The second-order valence-corrected chi connectivity index (χ2v) is 7.36. The number of aromatic nitrogens is 2. The van der Waals surface area contributed by atoms with E-state index in [9.17, 15) is 0 Å². The second-order valence-electron chi connectivity index (χ2n) is 7.36. The number of unbranched alkanes of at least 4 members (excludes halogenated alkanes) is 1. The standard InChI is InChI=1S/C22H20N2.C4H10.C2H6/c1-16(2)18-12-13-21(20-11-7-6-10-19(18)20)24-15-14-23-22(24)17-8-4-3-5-9-17;1-3-4-2;1-2/h3-16H,1-2H3;3-4H2,1-2H3;1-2H3. The topological polar surface area (TPSA) is 17.8 Å². The summed E-state index contributed by atoms with van der Waals surface area (Å²) in [6.45, 7) is 12.8. The van der Waals surface area contributed by atoms with Gasteiger partial charge in [-0.1, -0.05) is 115 Å². The second kappa shape index (κ2) is 12.0. The first kappa shape index (κ1) is 23.4. The first-order chi connectivity index (χ1) is 14.7. The van der Waals surface area contributed by atoms with Crippen molar-refractivity contribution >= 4 is 10.8 Å². The van der Waals surface area contributed by atoms with Crippen LogP contribution in [0.25, 0.3) is 27.8 Å². The van der Waals surface area contributed by atoms with Crippen LogP contribution >= 0.6 is 0 Å². The summed E-state index contributed by atoms with van der Waals surface area (Å²) < 4.78 is 2.18. The third kappa shape index (κ3) is 5.38. The number of fused-ring (bicyclic) bond motifs is 1. The molecule has 0 amide bonds. The van der Waals surface area contributed by atoms with Crippen molar-refractivity contribution in [3.05, 3.63) is 84.7 Å². The Morgan fingerprint density at radius 1 is 0.767 bits per heavy atom. The van der Waals surface area contributed by atoms with E-state index in [0.717, 1.165) is 11.4 Å². The fourth-order valence-corrected chi connectivity index (χ4v) is 3.32. The van der Waals surface area contributed by atoms with E-state index in [-0.39, 0.29) is 0 Å². The van der Waals surface area contributed by atoms with Crippen LogP contribution in [0.4, 0.5) is 0 Å². The number of nitrogens with zero attached hydrogens (tertiary/aromatic N) is 2. The molecule has 0 N–H and O–H groups in total. The highest BCUT2D eigenvalue weighted by atomic mass is 15.1. The van der Waals surface area contributed by atoms with Crippen molar-refractivity contribution in [2.24, 2.45) is 0 Å². The summed E-state index contributed by atoms with van der Waals surface area (Å²) in [4.78, 5) is 4.59. The Morgan fingerprint density at radius 3 is 1.97 bits per heavy atom. The van der Waals surface area contributed by atoms with Crippen LogP contribution in [-0.4, -0.2) is 9.55 Å². The zero-order chi connectivity index (χ0) is 21.9. The molecule has 0 fully saturated rings. The Hall–Kier alpha value is -2.87. The van der Waals surface area contributed by atoms with Crippen molar-refractivity contribution in [3.63, 3.8) is 0 Å². The highest BCUT2D eigenvalue weighted by Gasteiger charge is 2.13. The number of benzene rings is 3. The molecule has 0 aliphatic carbocycles. The molecule has 158 valence electrons. The van der Waals surface area contributed by atoms with Crippen LogP contribution in [0.1, 0.15) is 65.9 Å². The van der Waals surface area contributed by atoms with Crippen molar-refractivity contribution in [1.29, 1.82) is 0 Å². The summed E-state index contributed by atoms with van der Waals surface area (Å²) in [5.74, 6) is 1.47. The molecule has 0 bridgehead atoms. The Kier molecular flexibility index (Phi) is 9.34. The maximum absolute atomic E-state index is 4.59. The van der Waals surface area contributed by atoms with E-state index in [1.54, 1.807) is 0 Å². The quantitative estimate of drug-likeness (QED) is 0.335. The van der Waals surface area contributed by atoms with Gasteiger partial charge in [0.2, 0.25) is 0 Å². The van der Waals surface area contributed by atoms with Gasteiger partial charge in [-0.25, -0.2) is 4.98 Å². The zero-order valence-corrected chi connectivity index (χ0v) is 19.4. The molecule has 0 atom stereocenters. The first-order valence-corrected chi connectivity index (χ1v) is 11.3. The van der Waals surface area contributed by atoms with Crippen molar-refractivity contribution in [2.45, 2.75) is 60.3 Å². The highest BCUT2D eigenvalue weighted by Crippen LogP contribution is 2.32. The molecule has 1 aromatic heterocycles. The molecule has 3 aromatic carbocycles. The van der Waals surface area contributed by atoms with Gasteiger partial charge in [-0.2, -0.15) is 0 Å². The van der Waals surface area contributed by atoms with Crippen LogP contribution in [0, 0.1) is 0 Å². The van der Waals surface area contributed by atoms with Gasteiger partial charge in [0.05, 0.1) is 5.69 Å². The van der Waals surface area contributed by atoms with E-state index >= 15 is 0 Å². The molecule has 0 aliphatic rings. The molecule has 1 heterocycles. The molecule has 4 aromatic rings. The number of imidazole rings is 1. The van der Waals surface area contributed by atoms with Crippen LogP contribution in [0.5, 0.6) is 0 Å². The molecule has 30 heavy (non-hydrogen) atoms. The summed E-state index contributed by atoms with van der Waals surface area (Å²) in [6, 6.07) is 23.4. The zero-order valence-electron chi connectivity index (χ0n) is 19.4. The lowest BCUT2D eigenvalue weighted by atomic mass is 9.95. The minimum absolute atomic E-state index is 0.500. The van der Waals surface area contributed by atoms with E-state index in [4.69, 9.17) is 0 Å². The normalized spacial score (nSPS) is 10.2. The summed E-state index contributed by atoms with van der Waals surface area (Å²) in [5, 5.41) is 2.58.